The van der Waals surface area contributed by atoms with Crippen molar-refractivity contribution in [3.63, 3.8) is 0 Å². The van der Waals surface area contributed by atoms with E-state index in [2.05, 4.69) is 28.4 Å². The lowest BCUT2D eigenvalue weighted by atomic mass is 10.1. The highest BCUT2D eigenvalue weighted by molar-refractivity contribution is 6.31. The fourth-order valence-electron chi connectivity index (χ4n) is 2.63. The Balaban J connectivity index is 1.98. The predicted molar refractivity (Wildman–Crippen MR) is 87.8 cm³/mol. The summed E-state index contributed by atoms with van der Waals surface area (Å²) in [5.74, 6) is 0.936. The fourth-order valence-corrected chi connectivity index (χ4v) is 2.88. The van der Waals surface area contributed by atoms with Crippen LogP contribution in [0.5, 0.6) is 5.75 Å². The molecule has 0 spiro atoms. The Bertz CT molecular complexity index is 630. The molecule has 0 radical (unpaired) electrons. The molecule has 3 rings (SSSR count). The van der Waals surface area contributed by atoms with E-state index in [0.29, 0.717) is 0 Å². The summed E-state index contributed by atoms with van der Waals surface area (Å²) >= 11 is 6.40. The minimum absolute atomic E-state index is 0.749. The molecule has 0 unspecified atom stereocenters. The normalized spacial score (nSPS) is 14.3. The fraction of sp³-hybridized carbons (Fsp3) is 0.294. The zero-order valence-electron chi connectivity index (χ0n) is 12.1. The zero-order chi connectivity index (χ0) is 14.7. The maximum Gasteiger partial charge on any atom is 0.142 e. The van der Waals surface area contributed by atoms with Gasteiger partial charge in [-0.25, -0.2) is 0 Å². The number of ether oxygens (including phenoxy) is 1. The van der Waals surface area contributed by atoms with Gasteiger partial charge in [0.15, 0.2) is 0 Å². The zero-order valence-corrected chi connectivity index (χ0v) is 12.9. The lowest BCUT2D eigenvalue weighted by Crippen LogP contribution is -2.17. The van der Waals surface area contributed by atoms with Crippen molar-refractivity contribution in [2.24, 2.45) is 0 Å². The van der Waals surface area contributed by atoms with Gasteiger partial charge in [-0.15, -0.1) is 0 Å². The quantitative estimate of drug-likeness (QED) is 0.928. The Morgan fingerprint density at radius 3 is 2.90 bits per heavy atom. The Hall–Kier alpha value is -1.71. The molecule has 0 atom stereocenters. The van der Waals surface area contributed by atoms with Crippen molar-refractivity contribution >= 4 is 23.0 Å². The summed E-state index contributed by atoms with van der Waals surface area (Å²) in [6.45, 7) is 2.45. The van der Waals surface area contributed by atoms with E-state index >= 15 is 0 Å². The van der Waals surface area contributed by atoms with Gasteiger partial charge in [-0.1, -0.05) is 29.8 Å². The Morgan fingerprint density at radius 1 is 1.24 bits per heavy atom. The van der Waals surface area contributed by atoms with Gasteiger partial charge >= 0.3 is 0 Å². The highest BCUT2D eigenvalue weighted by atomic mass is 35.5. The van der Waals surface area contributed by atoms with Gasteiger partial charge in [-0.2, -0.15) is 0 Å². The van der Waals surface area contributed by atoms with Crippen LogP contribution < -0.4 is 15.0 Å². The van der Waals surface area contributed by atoms with Crippen LogP contribution in [0.2, 0.25) is 5.02 Å². The Kier molecular flexibility index (Phi) is 4.32. The second-order valence-corrected chi connectivity index (χ2v) is 5.53. The van der Waals surface area contributed by atoms with Gasteiger partial charge in [0.1, 0.15) is 5.75 Å². The van der Waals surface area contributed by atoms with Crippen LogP contribution >= 0.6 is 11.6 Å². The average Bonchev–Trinajstić information content (AvgIpc) is 2.72. The summed E-state index contributed by atoms with van der Waals surface area (Å²) in [6, 6.07) is 14.4. The summed E-state index contributed by atoms with van der Waals surface area (Å²) in [5.41, 5.74) is 3.33. The molecule has 1 aliphatic heterocycles. The monoisotopic (exact) mass is 302 g/mol. The van der Waals surface area contributed by atoms with Crippen molar-refractivity contribution < 1.29 is 4.74 Å². The summed E-state index contributed by atoms with van der Waals surface area (Å²) < 4.78 is 5.81. The van der Waals surface area contributed by atoms with Gasteiger partial charge in [0.25, 0.3) is 0 Å². The second kappa shape index (κ2) is 6.37. The third-order valence-electron chi connectivity index (χ3n) is 3.66. The summed E-state index contributed by atoms with van der Waals surface area (Å²) in [6.07, 6.45) is 0.991. The molecule has 110 valence electrons. The van der Waals surface area contributed by atoms with Crippen LogP contribution in [0.4, 0.5) is 11.4 Å². The van der Waals surface area contributed by atoms with Crippen LogP contribution in [0.1, 0.15) is 12.0 Å². The van der Waals surface area contributed by atoms with E-state index in [4.69, 9.17) is 16.3 Å². The lowest BCUT2D eigenvalue weighted by Gasteiger charge is -2.24. The van der Waals surface area contributed by atoms with Crippen LogP contribution in [0.15, 0.2) is 42.5 Å². The van der Waals surface area contributed by atoms with Crippen LogP contribution in [-0.2, 0) is 6.54 Å². The average molecular weight is 303 g/mol. The standard InChI is InChI=1S/C17H19ClN2O/c1-19-12-13-7-8-14(11-15(13)18)20-9-4-10-21-17-6-3-2-5-16(17)20/h2-3,5-8,11,19H,4,9-10,12H2,1H3. The lowest BCUT2D eigenvalue weighted by molar-refractivity contribution is 0.322. The molecule has 2 aromatic rings. The molecule has 1 N–H and O–H groups in total. The molecule has 21 heavy (non-hydrogen) atoms. The molecule has 2 aromatic carbocycles. The largest absolute Gasteiger partial charge is 0.491 e. The maximum absolute atomic E-state index is 6.40. The smallest absolute Gasteiger partial charge is 0.142 e. The molecule has 0 saturated heterocycles. The molecule has 0 saturated carbocycles. The molecule has 0 bridgehead atoms. The van der Waals surface area contributed by atoms with Crippen LogP contribution in [0.25, 0.3) is 0 Å². The summed E-state index contributed by atoms with van der Waals surface area (Å²) in [4.78, 5) is 2.28. The molecule has 1 aliphatic rings. The third-order valence-corrected chi connectivity index (χ3v) is 4.01. The van der Waals surface area contributed by atoms with Gasteiger partial charge in [0, 0.05) is 23.8 Å². The number of nitrogens with zero attached hydrogens (tertiary/aromatic N) is 1. The molecule has 0 aromatic heterocycles. The molecule has 0 aliphatic carbocycles. The number of para-hydroxylation sites is 2. The topological polar surface area (TPSA) is 24.5 Å². The highest BCUT2D eigenvalue weighted by Crippen LogP contribution is 2.37. The van der Waals surface area contributed by atoms with E-state index in [9.17, 15) is 0 Å². The van der Waals surface area contributed by atoms with Crippen molar-refractivity contribution in [3.05, 3.63) is 53.1 Å². The predicted octanol–water partition coefficient (Wildman–Crippen LogP) is 3.98. The van der Waals surface area contributed by atoms with E-state index in [-0.39, 0.29) is 0 Å². The number of rotatable bonds is 3. The van der Waals surface area contributed by atoms with E-state index < -0.39 is 0 Å². The minimum Gasteiger partial charge on any atom is -0.491 e. The third kappa shape index (κ3) is 2.99. The van der Waals surface area contributed by atoms with Gasteiger partial charge in [-0.05, 0) is 43.3 Å². The summed E-state index contributed by atoms with van der Waals surface area (Å²) in [7, 11) is 1.92. The number of fused-ring (bicyclic) bond motifs is 1. The number of nitrogens with one attached hydrogen (secondary N) is 1. The van der Waals surface area contributed by atoms with E-state index in [1.54, 1.807) is 0 Å². The number of benzene rings is 2. The van der Waals surface area contributed by atoms with Crippen molar-refractivity contribution in [3.8, 4) is 5.75 Å². The van der Waals surface area contributed by atoms with Gasteiger partial charge in [0.05, 0.1) is 12.3 Å². The van der Waals surface area contributed by atoms with Crippen molar-refractivity contribution in [1.29, 1.82) is 0 Å². The Morgan fingerprint density at radius 2 is 2.10 bits per heavy atom. The first-order valence-electron chi connectivity index (χ1n) is 7.22. The molecule has 3 nitrogen and oxygen atoms in total. The second-order valence-electron chi connectivity index (χ2n) is 5.13. The number of anilines is 2. The van der Waals surface area contributed by atoms with Crippen molar-refractivity contribution in [2.75, 3.05) is 25.1 Å². The molecular weight excluding hydrogens is 284 g/mol. The first-order chi connectivity index (χ1) is 10.3. The van der Waals surface area contributed by atoms with Crippen molar-refractivity contribution in [2.45, 2.75) is 13.0 Å². The SMILES string of the molecule is CNCc1ccc(N2CCCOc3ccccc32)cc1Cl. The van der Waals surface area contributed by atoms with E-state index in [1.165, 1.54) is 0 Å². The Labute approximate surface area is 130 Å². The first-order valence-corrected chi connectivity index (χ1v) is 7.60. The molecule has 0 fully saturated rings. The first kappa shape index (κ1) is 14.2. The van der Waals surface area contributed by atoms with Gasteiger partial charge < -0.3 is 15.0 Å². The van der Waals surface area contributed by atoms with Crippen molar-refractivity contribution in [1.82, 2.24) is 5.32 Å². The highest BCUT2D eigenvalue weighted by Gasteiger charge is 2.18. The number of hydrogen-bond donors (Lipinski definition) is 1. The van der Waals surface area contributed by atoms with Gasteiger partial charge in [-0.3, -0.25) is 0 Å². The molecule has 4 heteroatoms. The van der Waals surface area contributed by atoms with Crippen LogP contribution in [0.3, 0.4) is 0 Å². The van der Waals surface area contributed by atoms with E-state index in [1.807, 2.05) is 31.3 Å². The molecular formula is C17H19ClN2O. The van der Waals surface area contributed by atoms with Crippen LogP contribution in [-0.4, -0.2) is 20.2 Å². The minimum atomic E-state index is 0.749. The summed E-state index contributed by atoms with van der Waals surface area (Å²) in [5, 5.41) is 3.93. The number of halogens is 1. The van der Waals surface area contributed by atoms with Gasteiger partial charge in [0.2, 0.25) is 0 Å². The number of hydrogen-bond acceptors (Lipinski definition) is 3. The van der Waals surface area contributed by atoms with Crippen LogP contribution in [0, 0.1) is 0 Å². The molecule has 1 heterocycles. The molecule has 0 amide bonds. The maximum atomic E-state index is 6.40. The van der Waals surface area contributed by atoms with E-state index in [0.717, 1.165) is 53.8 Å².